The molecule has 0 saturated heterocycles. The number of hydrazine groups is 1. The summed E-state index contributed by atoms with van der Waals surface area (Å²) in [6.07, 6.45) is 2.84. The van der Waals surface area contributed by atoms with Gasteiger partial charge in [-0.25, -0.2) is 4.68 Å². The average Bonchev–Trinajstić information content (AvgIpc) is 2.98. The van der Waals surface area contributed by atoms with E-state index in [0.29, 0.717) is 33.5 Å². The van der Waals surface area contributed by atoms with E-state index in [1.54, 1.807) is 29.0 Å². The van der Waals surface area contributed by atoms with Crippen LogP contribution in [0, 0.1) is 6.92 Å². The molecule has 2 aromatic carbocycles. The van der Waals surface area contributed by atoms with Crippen molar-refractivity contribution in [2.75, 3.05) is 0 Å². The minimum Gasteiger partial charge on any atom is -0.268 e. The number of benzene rings is 2. The molecule has 3 aromatic rings. The summed E-state index contributed by atoms with van der Waals surface area (Å²) in [5, 5.41) is 5.29. The van der Waals surface area contributed by atoms with Gasteiger partial charge in [-0.15, -0.1) is 0 Å². The lowest BCUT2D eigenvalue weighted by Gasteiger charge is -2.05. The van der Waals surface area contributed by atoms with Crippen LogP contribution in [0.25, 0.3) is 6.08 Å². The first-order valence-corrected chi connectivity index (χ1v) is 9.50. The van der Waals surface area contributed by atoms with Gasteiger partial charge < -0.3 is 0 Å². The Kier molecular flexibility index (Phi) is 6.69. The molecule has 0 atom stereocenters. The Balaban J connectivity index is 1.62. The number of halogens is 2. The maximum absolute atomic E-state index is 12.0. The third-order valence-corrected chi connectivity index (χ3v) is 4.71. The van der Waals surface area contributed by atoms with Crippen molar-refractivity contribution in [1.82, 2.24) is 20.6 Å². The fourth-order valence-electron chi connectivity index (χ4n) is 2.64. The molecule has 0 radical (unpaired) electrons. The van der Waals surface area contributed by atoms with E-state index in [9.17, 15) is 9.59 Å². The molecule has 6 nitrogen and oxygen atoms in total. The highest BCUT2D eigenvalue weighted by Crippen LogP contribution is 2.22. The third kappa shape index (κ3) is 5.47. The maximum Gasteiger partial charge on any atom is 0.269 e. The van der Waals surface area contributed by atoms with Gasteiger partial charge in [0.1, 0.15) is 5.15 Å². The number of hydrogen-bond acceptors (Lipinski definition) is 3. The second kappa shape index (κ2) is 9.41. The van der Waals surface area contributed by atoms with E-state index in [1.165, 1.54) is 12.1 Å². The summed E-state index contributed by atoms with van der Waals surface area (Å²) >= 11 is 12.3. The van der Waals surface area contributed by atoms with E-state index < -0.39 is 11.8 Å². The molecule has 0 bridgehead atoms. The van der Waals surface area contributed by atoms with Crippen LogP contribution >= 0.6 is 23.2 Å². The Hall–Kier alpha value is -3.09. The zero-order valence-electron chi connectivity index (χ0n) is 15.5. The molecular formula is C21H18Cl2N4O2. The molecule has 0 saturated carbocycles. The molecule has 1 aromatic heterocycles. The van der Waals surface area contributed by atoms with Crippen LogP contribution < -0.4 is 10.9 Å². The number of amides is 2. The fraction of sp³-hybridized carbons (Fsp3) is 0.0952. The van der Waals surface area contributed by atoms with E-state index in [-0.39, 0.29) is 0 Å². The monoisotopic (exact) mass is 428 g/mol. The van der Waals surface area contributed by atoms with Gasteiger partial charge in [0.15, 0.2) is 0 Å². The highest BCUT2D eigenvalue weighted by atomic mass is 35.5. The molecule has 0 spiro atoms. The number of rotatable bonds is 5. The predicted molar refractivity (Wildman–Crippen MR) is 114 cm³/mol. The van der Waals surface area contributed by atoms with Gasteiger partial charge in [-0.1, -0.05) is 59.6 Å². The van der Waals surface area contributed by atoms with Gasteiger partial charge in [-0.3, -0.25) is 20.4 Å². The second-order valence-corrected chi connectivity index (χ2v) is 7.01. The van der Waals surface area contributed by atoms with Crippen LogP contribution in [-0.2, 0) is 11.3 Å². The summed E-state index contributed by atoms with van der Waals surface area (Å²) in [5.74, 6) is -0.981. The lowest BCUT2D eigenvalue weighted by Crippen LogP contribution is -2.40. The molecule has 0 aliphatic carbocycles. The van der Waals surface area contributed by atoms with Crippen LogP contribution in [0.5, 0.6) is 0 Å². The van der Waals surface area contributed by atoms with E-state index in [1.807, 2.05) is 37.3 Å². The molecule has 2 N–H and O–H groups in total. The molecule has 0 unspecified atom stereocenters. The standard InChI is InChI=1S/C21H18Cl2N4O2/c1-14-18(20(23)27(26-14)13-15-6-3-2-4-7-15)10-11-19(28)24-25-21(29)16-8-5-9-17(22)12-16/h2-12H,13H2,1H3,(H,24,28)(H,25,29)/b11-10+. The Bertz CT molecular complexity index is 1060. The van der Waals surface area contributed by atoms with Crippen molar-refractivity contribution in [2.24, 2.45) is 0 Å². The van der Waals surface area contributed by atoms with Crippen LogP contribution in [0.4, 0.5) is 0 Å². The molecule has 0 fully saturated rings. The number of aromatic nitrogens is 2. The number of carbonyl (C=O) groups is 2. The Morgan fingerprint density at radius 2 is 1.83 bits per heavy atom. The lowest BCUT2D eigenvalue weighted by atomic mass is 10.2. The van der Waals surface area contributed by atoms with E-state index in [0.717, 1.165) is 5.56 Å². The van der Waals surface area contributed by atoms with E-state index in [4.69, 9.17) is 23.2 Å². The molecule has 29 heavy (non-hydrogen) atoms. The first kappa shape index (κ1) is 20.6. The first-order valence-electron chi connectivity index (χ1n) is 8.75. The summed E-state index contributed by atoms with van der Waals surface area (Å²) in [6, 6.07) is 16.2. The van der Waals surface area contributed by atoms with Gasteiger partial charge >= 0.3 is 0 Å². The molecule has 3 rings (SSSR count). The second-order valence-electron chi connectivity index (χ2n) is 6.22. The quantitative estimate of drug-likeness (QED) is 0.475. The van der Waals surface area contributed by atoms with Gasteiger partial charge in [-0.2, -0.15) is 5.10 Å². The van der Waals surface area contributed by atoms with Crippen molar-refractivity contribution in [2.45, 2.75) is 13.5 Å². The number of nitrogens with zero attached hydrogens (tertiary/aromatic N) is 2. The molecule has 2 amide bonds. The summed E-state index contributed by atoms with van der Waals surface area (Å²) in [5.41, 5.74) is 7.37. The van der Waals surface area contributed by atoms with Crippen LogP contribution in [-0.4, -0.2) is 21.6 Å². The summed E-state index contributed by atoms with van der Waals surface area (Å²) in [7, 11) is 0. The number of carbonyl (C=O) groups excluding carboxylic acids is 2. The zero-order chi connectivity index (χ0) is 20.8. The third-order valence-electron chi connectivity index (χ3n) is 4.07. The van der Waals surface area contributed by atoms with Crippen LogP contribution in [0.1, 0.15) is 27.2 Å². The molecule has 148 valence electrons. The van der Waals surface area contributed by atoms with Crippen molar-refractivity contribution in [1.29, 1.82) is 0 Å². The molecule has 0 aliphatic heterocycles. The van der Waals surface area contributed by atoms with Crippen molar-refractivity contribution >= 4 is 41.1 Å². The maximum atomic E-state index is 12.0. The Morgan fingerprint density at radius 3 is 2.55 bits per heavy atom. The van der Waals surface area contributed by atoms with Gasteiger partial charge in [0.25, 0.3) is 11.8 Å². The zero-order valence-corrected chi connectivity index (χ0v) is 17.0. The summed E-state index contributed by atoms with van der Waals surface area (Å²) < 4.78 is 1.67. The van der Waals surface area contributed by atoms with Crippen molar-refractivity contribution < 1.29 is 9.59 Å². The summed E-state index contributed by atoms with van der Waals surface area (Å²) in [6.45, 7) is 2.34. The molecular weight excluding hydrogens is 411 g/mol. The van der Waals surface area contributed by atoms with E-state index in [2.05, 4.69) is 16.0 Å². The van der Waals surface area contributed by atoms with Crippen molar-refractivity contribution in [3.8, 4) is 0 Å². The van der Waals surface area contributed by atoms with Crippen molar-refractivity contribution in [3.05, 3.63) is 93.2 Å². The normalized spacial score (nSPS) is 10.9. The summed E-state index contributed by atoms with van der Waals surface area (Å²) in [4.78, 5) is 24.0. The van der Waals surface area contributed by atoms with Crippen LogP contribution in [0.15, 0.2) is 60.7 Å². The Labute approximate surface area is 178 Å². The van der Waals surface area contributed by atoms with Crippen molar-refractivity contribution in [3.63, 3.8) is 0 Å². The Morgan fingerprint density at radius 1 is 1.07 bits per heavy atom. The molecule has 8 heteroatoms. The highest BCUT2D eigenvalue weighted by Gasteiger charge is 2.12. The minimum absolute atomic E-state index is 0.336. The smallest absolute Gasteiger partial charge is 0.268 e. The van der Waals surface area contributed by atoms with Gasteiger partial charge in [0.2, 0.25) is 0 Å². The fourth-order valence-corrected chi connectivity index (χ4v) is 3.13. The first-order chi connectivity index (χ1) is 13.9. The van der Waals surface area contributed by atoms with Crippen LogP contribution in [0.3, 0.4) is 0 Å². The van der Waals surface area contributed by atoms with Gasteiger partial charge in [-0.05, 0) is 36.8 Å². The topological polar surface area (TPSA) is 76.0 Å². The SMILES string of the molecule is Cc1nn(Cc2ccccc2)c(Cl)c1/C=C/C(=O)NNC(=O)c1cccc(Cl)c1. The highest BCUT2D eigenvalue weighted by molar-refractivity contribution is 6.31. The van der Waals surface area contributed by atoms with Gasteiger partial charge in [0.05, 0.1) is 12.2 Å². The molecule has 1 heterocycles. The minimum atomic E-state index is -0.508. The number of hydrogen-bond donors (Lipinski definition) is 2. The number of aryl methyl sites for hydroxylation is 1. The predicted octanol–water partition coefficient (Wildman–Crippen LogP) is 4.02. The van der Waals surface area contributed by atoms with E-state index >= 15 is 0 Å². The lowest BCUT2D eigenvalue weighted by molar-refractivity contribution is -0.117. The number of nitrogens with one attached hydrogen (secondary N) is 2. The molecule has 0 aliphatic rings. The van der Waals surface area contributed by atoms with Gasteiger partial charge in [0, 0.05) is 22.2 Å². The average molecular weight is 429 g/mol. The largest absolute Gasteiger partial charge is 0.269 e. The van der Waals surface area contributed by atoms with Crippen LogP contribution in [0.2, 0.25) is 10.2 Å².